The Morgan fingerprint density at radius 3 is 2.38 bits per heavy atom. The summed E-state index contributed by atoms with van der Waals surface area (Å²) in [6.45, 7) is 10.2. The van der Waals surface area contributed by atoms with E-state index in [1.165, 1.54) is 0 Å². The van der Waals surface area contributed by atoms with Crippen LogP contribution in [-0.4, -0.2) is 61.6 Å². The number of hydrogen-bond acceptors (Lipinski definition) is 3. The van der Waals surface area contributed by atoms with Crippen LogP contribution in [0, 0.1) is 5.92 Å². The van der Waals surface area contributed by atoms with Gasteiger partial charge in [0.25, 0.3) is 0 Å². The van der Waals surface area contributed by atoms with Crippen molar-refractivity contribution >= 4 is 6.03 Å². The Labute approximate surface area is 146 Å². The lowest BCUT2D eigenvalue weighted by molar-refractivity contribution is 0.100. The second kappa shape index (κ2) is 9.64. The van der Waals surface area contributed by atoms with Crippen LogP contribution in [0.2, 0.25) is 0 Å². The van der Waals surface area contributed by atoms with Crippen molar-refractivity contribution in [2.75, 3.05) is 39.8 Å². The second-order valence-electron chi connectivity index (χ2n) is 7.17. The van der Waals surface area contributed by atoms with Crippen LogP contribution in [0.1, 0.15) is 25.8 Å². The molecule has 0 bridgehead atoms. The molecular weight excluding hydrogens is 300 g/mol. The van der Waals surface area contributed by atoms with Crippen LogP contribution in [-0.2, 0) is 6.54 Å². The predicted molar refractivity (Wildman–Crippen MR) is 99.0 cm³/mol. The van der Waals surface area contributed by atoms with Gasteiger partial charge in [0.1, 0.15) is 0 Å². The van der Waals surface area contributed by atoms with Crippen molar-refractivity contribution in [2.24, 2.45) is 5.92 Å². The third kappa shape index (κ3) is 6.49. The highest BCUT2D eigenvalue weighted by molar-refractivity contribution is 5.73. The smallest absolute Gasteiger partial charge is 0.315 e. The van der Waals surface area contributed by atoms with Crippen molar-refractivity contribution in [3.63, 3.8) is 0 Å². The minimum Gasteiger partial charge on any atom is -0.337 e. The van der Waals surface area contributed by atoms with Crippen LogP contribution < -0.4 is 10.6 Å². The van der Waals surface area contributed by atoms with Gasteiger partial charge in [0, 0.05) is 45.3 Å². The largest absolute Gasteiger partial charge is 0.337 e. The monoisotopic (exact) mass is 332 g/mol. The molecule has 0 spiro atoms. The molecule has 0 saturated carbocycles. The van der Waals surface area contributed by atoms with E-state index in [0.717, 1.165) is 38.2 Å². The second-order valence-corrected chi connectivity index (χ2v) is 7.17. The number of nitrogens with one attached hydrogen (secondary N) is 2. The molecule has 1 aliphatic heterocycles. The molecule has 5 heteroatoms. The zero-order valence-electron chi connectivity index (χ0n) is 15.3. The Morgan fingerprint density at radius 1 is 1.08 bits per heavy atom. The van der Waals surface area contributed by atoms with E-state index in [9.17, 15) is 4.79 Å². The molecule has 0 aromatic heterocycles. The fourth-order valence-electron chi connectivity index (χ4n) is 3.14. The summed E-state index contributed by atoms with van der Waals surface area (Å²) in [6.07, 6.45) is 1.11. The summed E-state index contributed by atoms with van der Waals surface area (Å²) < 4.78 is 0. The minimum absolute atomic E-state index is 0.0817. The number of carbonyl (C=O) groups excluding carboxylic acids is 1. The predicted octanol–water partition coefficient (Wildman–Crippen LogP) is 2.15. The third-order valence-electron chi connectivity index (χ3n) is 4.59. The van der Waals surface area contributed by atoms with E-state index in [-0.39, 0.29) is 6.03 Å². The number of urea groups is 1. The van der Waals surface area contributed by atoms with E-state index in [0.29, 0.717) is 25.0 Å². The standard InChI is InChI=1S/C19H32N4O/c1-16(2)13-18(23-11-9-22(3)10-12-23)15-21-19(24)20-14-17-7-5-4-6-8-17/h4-8,16,18H,9-15H2,1-3H3,(H2,20,21,24). The molecule has 2 rings (SSSR count). The molecule has 1 aromatic carbocycles. The molecule has 1 aliphatic rings. The molecule has 1 atom stereocenters. The van der Waals surface area contributed by atoms with Crippen molar-refractivity contribution in [1.29, 1.82) is 0 Å². The highest BCUT2D eigenvalue weighted by Gasteiger charge is 2.23. The van der Waals surface area contributed by atoms with Gasteiger partial charge in [-0.1, -0.05) is 44.2 Å². The van der Waals surface area contributed by atoms with E-state index in [4.69, 9.17) is 0 Å². The summed E-state index contributed by atoms with van der Waals surface area (Å²) in [7, 11) is 2.17. The lowest BCUT2D eigenvalue weighted by Crippen LogP contribution is -2.53. The van der Waals surface area contributed by atoms with E-state index < -0.39 is 0 Å². The van der Waals surface area contributed by atoms with Gasteiger partial charge in [-0.2, -0.15) is 0 Å². The number of hydrogen-bond donors (Lipinski definition) is 2. The maximum atomic E-state index is 12.1. The van der Waals surface area contributed by atoms with Gasteiger partial charge in [-0.25, -0.2) is 4.79 Å². The fourth-order valence-corrected chi connectivity index (χ4v) is 3.14. The highest BCUT2D eigenvalue weighted by atomic mass is 16.2. The van der Waals surface area contributed by atoms with Crippen molar-refractivity contribution in [3.05, 3.63) is 35.9 Å². The minimum atomic E-state index is -0.0817. The number of amides is 2. The summed E-state index contributed by atoms with van der Waals surface area (Å²) in [6, 6.07) is 10.3. The maximum Gasteiger partial charge on any atom is 0.315 e. The van der Waals surface area contributed by atoms with Crippen LogP contribution in [0.4, 0.5) is 4.79 Å². The molecule has 24 heavy (non-hydrogen) atoms. The third-order valence-corrected chi connectivity index (χ3v) is 4.59. The average Bonchev–Trinajstić information content (AvgIpc) is 2.58. The van der Waals surface area contributed by atoms with Gasteiger partial charge < -0.3 is 15.5 Å². The molecule has 2 N–H and O–H groups in total. The van der Waals surface area contributed by atoms with Crippen molar-refractivity contribution in [1.82, 2.24) is 20.4 Å². The Balaban J connectivity index is 1.77. The molecule has 0 aliphatic carbocycles. The molecule has 1 aromatic rings. The zero-order valence-corrected chi connectivity index (χ0v) is 15.3. The van der Waals surface area contributed by atoms with Gasteiger partial charge in [-0.15, -0.1) is 0 Å². The summed E-state index contributed by atoms with van der Waals surface area (Å²) >= 11 is 0. The van der Waals surface area contributed by atoms with Crippen LogP contribution in [0.5, 0.6) is 0 Å². The Hall–Kier alpha value is -1.59. The van der Waals surface area contributed by atoms with Gasteiger partial charge in [0.15, 0.2) is 0 Å². The molecule has 1 saturated heterocycles. The van der Waals surface area contributed by atoms with Crippen LogP contribution in [0.3, 0.4) is 0 Å². The molecule has 134 valence electrons. The molecule has 2 amide bonds. The van der Waals surface area contributed by atoms with E-state index in [1.807, 2.05) is 30.3 Å². The summed E-state index contributed by atoms with van der Waals surface area (Å²) in [5.74, 6) is 0.629. The first-order chi connectivity index (χ1) is 11.5. The van der Waals surface area contributed by atoms with E-state index in [2.05, 4.69) is 41.3 Å². The SMILES string of the molecule is CC(C)CC(CNC(=O)NCc1ccccc1)N1CCN(C)CC1. The quantitative estimate of drug-likeness (QED) is 0.804. The summed E-state index contributed by atoms with van der Waals surface area (Å²) in [5.41, 5.74) is 1.12. The molecular formula is C19H32N4O. The molecule has 5 nitrogen and oxygen atoms in total. The summed E-state index contributed by atoms with van der Waals surface area (Å²) in [4.78, 5) is 17.0. The number of carbonyl (C=O) groups is 1. The van der Waals surface area contributed by atoms with Crippen LogP contribution >= 0.6 is 0 Å². The Bertz CT molecular complexity index is 483. The first kappa shape index (κ1) is 18.7. The number of likely N-dealkylation sites (N-methyl/N-ethyl adjacent to an activating group) is 1. The van der Waals surface area contributed by atoms with E-state index in [1.54, 1.807) is 0 Å². The maximum absolute atomic E-state index is 12.1. The van der Waals surface area contributed by atoms with Crippen LogP contribution in [0.15, 0.2) is 30.3 Å². The number of piperazine rings is 1. The van der Waals surface area contributed by atoms with Gasteiger partial charge in [0.05, 0.1) is 0 Å². The van der Waals surface area contributed by atoms with Crippen molar-refractivity contribution in [3.8, 4) is 0 Å². The first-order valence-electron chi connectivity index (χ1n) is 9.03. The Morgan fingerprint density at radius 2 is 1.75 bits per heavy atom. The normalized spacial score (nSPS) is 17.7. The van der Waals surface area contributed by atoms with Crippen molar-refractivity contribution < 1.29 is 4.79 Å². The summed E-state index contributed by atoms with van der Waals surface area (Å²) in [5, 5.41) is 6.00. The average molecular weight is 332 g/mol. The topological polar surface area (TPSA) is 47.6 Å². The number of rotatable bonds is 7. The van der Waals surface area contributed by atoms with Gasteiger partial charge in [0.2, 0.25) is 0 Å². The van der Waals surface area contributed by atoms with Crippen molar-refractivity contribution in [2.45, 2.75) is 32.9 Å². The van der Waals surface area contributed by atoms with Crippen LogP contribution in [0.25, 0.3) is 0 Å². The van der Waals surface area contributed by atoms with Gasteiger partial charge in [-0.3, -0.25) is 4.90 Å². The molecule has 1 fully saturated rings. The Kier molecular flexibility index (Phi) is 7.53. The van der Waals surface area contributed by atoms with Gasteiger partial charge in [-0.05, 0) is 24.9 Å². The molecule has 1 unspecified atom stereocenters. The first-order valence-corrected chi connectivity index (χ1v) is 9.03. The van der Waals surface area contributed by atoms with Gasteiger partial charge >= 0.3 is 6.03 Å². The lowest BCUT2D eigenvalue weighted by atomic mass is 10.0. The number of benzene rings is 1. The van der Waals surface area contributed by atoms with E-state index >= 15 is 0 Å². The highest BCUT2D eigenvalue weighted by Crippen LogP contribution is 2.13. The fraction of sp³-hybridized carbons (Fsp3) is 0.632. The molecule has 1 heterocycles. The number of nitrogens with zero attached hydrogens (tertiary/aromatic N) is 2. The lowest BCUT2D eigenvalue weighted by Gasteiger charge is -2.38. The molecule has 0 radical (unpaired) electrons. The zero-order chi connectivity index (χ0) is 17.4.